The summed E-state index contributed by atoms with van der Waals surface area (Å²) in [6.07, 6.45) is 0. The zero-order valence-corrected chi connectivity index (χ0v) is 12.8. The lowest BCUT2D eigenvalue weighted by Gasteiger charge is -2.21. The highest BCUT2D eigenvalue weighted by atomic mass is 79.9. The van der Waals surface area contributed by atoms with Crippen LogP contribution in [0.3, 0.4) is 0 Å². The van der Waals surface area contributed by atoms with Gasteiger partial charge in [0.2, 0.25) is 0 Å². The van der Waals surface area contributed by atoms with Crippen molar-refractivity contribution in [2.24, 2.45) is 11.7 Å². The van der Waals surface area contributed by atoms with E-state index in [0.29, 0.717) is 0 Å². The molecule has 1 rings (SSSR count). The van der Waals surface area contributed by atoms with Gasteiger partial charge in [-0.1, -0.05) is 35.1 Å². The SMILES string of the molecule is CC(CN(C)C(=O)c1c(F)cc(Br)cc1F)C(N)=S. The van der Waals surface area contributed by atoms with E-state index in [1.54, 1.807) is 6.92 Å². The molecular weight excluding hydrogens is 338 g/mol. The second kappa shape index (κ2) is 6.38. The minimum atomic E-state index is -0.910. The molecule has 1 atom stereocenters. The molecule has 0 heterocycles. The van der Waals surface area contributed by atoms with Crippen LogP contribution in [0.25, 0.3) is 0 Å². The van der Waals surface area contributed by atoms with Crippen LogP contribution < -0.4 is 5.73 Å². The first-order valence-corrected chi connectivity index (χ1v) is 6.63. The van der Waals surface area contributed by atoms with Gasteiger partial charge in [-0.15, -0.1) is 0 Å². The Morgan fingerprint density at radius 3 is 2.37 bits per heavy atom. The lowest BCUT2D eigenvalue weighted by Crippen LogP contribution is -2.36. The second-order valence-electron chi connectivity index (χ2n) is 4.23. The molecule has 1 aromatic carbocycles. The van der Waals surface area contributed by atoms with E-state index in [1.807, 2.05) is 0 Å². The first-order chi connectivity index (χ1) is 8.73. The standard InChI is InChI=1S/C12H13BrF2N2OS/c1-6(11(16)19)5-17(2)12(18)10-8(14)3-7(13)4-9(10)15/h3-4,6H,5H2,1-2H3,(H2,16,19). The van der Waals surface area contributed by atoms with Crippen LogP contribution in [0.1, 0.15) is 17.3 Å². The van der Waals surface area contributed by atoms with Crippen LogP contribution in [0, 0.1) is 17.6 Å². The molecule has 0 fully saturated rings. The van der Waals surface area contributed by atoms with Gasteiger partial charge in [-0.25, -0.2) is 8.78 Å². The molecule has 0 spiro atoms. The number of thiocarbonyl (C=S) groups is 1. The van der Waals surface area contributed by atoms with E-state index in [0.717, 1.165) is 12.1 Å². The molecule has 3 nitrogen and oxygen atoms in total. The largest absolute Gasteiger partial charge is 0.393 e. The van der Waals surface area contributed by atoms with Crippen molar-refractivity contribution in [3.63, 3.8) is 0 Å². The molecule has 0 aliphatic heterocycles. The van der Waals surface area contributed by atoms with Gasteiger partial charge in [-0.2, -0.15) is 0 Å². The Morgan fingerprint density at radius 2 is 1.95 bits per heavy atom. The summed E-state index contributed by atoms with van der Waals surface area (Å²) in [6.45, 7) is 1.93. The van der Waals surface area contributed by atoms with E-state index in [2.05, 4.69) is 15.9 Å². The number of amides is 1. The Hall–Kier alpha value is -1.08. The summed E-state index contributed by atoms with van der Waals surface area (Å²) in [5.41, 5.74) is 4.86. The monoisotopic (exact) mass is 350 g/mol. The number of hydrogen-bond donors (Lipinski definition) is 1. The molecule has 0 aliphatic carbocycles. The number of carbonyl (C=O) groups excluding carboxylic acids is 1. The highest BCUT2D eigenvalue weighted by Crippen LogP contribution is 2.20. The summed E-state index contributed by atoms with van der Waals surface area (Å²) in [5.74, 6) is -2.80. The Bertz CT molecular complexity index is 501. The van der Waals surface area contributed by atoms with Crippen molar-refractivity contribution < 1.29 is 13.6 Å². The summed E-state index contributed by atoms with van der Waals surface area (Å²) in [5, 5.41) is 0. The van der Waals surface area contributed by atoms with Gasteiger partial charge in [0.25, 0.3) is 5.91 Å². The van der Waals surface area contributed by atoms with E-state index in [1.165, 1.54) is 11.9 Å². The lowest BCUT2D eigenvalue weighted by atomic mass is 10.1. The number of carbonyl (C=O) groups is 1. The number of rotatable bonds is 4. The first kappa shape index (κ1) is 16.0. The zero-order valence-electron chi connectivity index (χ0n) is 10.4. The van der Waals surface area contributed by atoms with Crippen molar-refractivity contribution in [2.75, 3.05) is 13.6 Å². The highest BCUT2D eigenvalue weighted by molar-refractivity contribution is 9.10. The predicted molar refractivity (Wildman–Crippen MR) is 77.0 cm³/mol. The molecular formula is C12H13BrF2N2OS. The maximum Gasteiger partial charge on any atom is 0.259 e. The molecule has 0 aliphatic rings. The van der Waals surface area contributed by atoms with Gasteiger partial charge in [-0.3, -0.25) is 4.79 Å². The summed E-state index contributed by atoms with van der Waals surface area (Å²) in [7, 11) is 1.44. The summed E-state index contributed by atoms with van der Waals surface area (Å²) < 4.78 is 27.5. The van der Waals surface area contributed by atoms with Crippen LogP contribution in [-0.4, -0.2) is 29.4 Å². The Kier molecular flexibility index (Phi) is 5.37. The zero-order chi connectivity index (χ0) is 14.7. The molecule has 104 valence electrons. The molecule has 1 amide bonds. The van der Waals surface area contributed by atoms with Gasteiger partial charge < -0.3 is 10.6 Å². The third-order valence-electron chi connectivity index (χ3n) is 2.60. The molecule has 0 saturated heterocycles. The van der Waals surface area contributed by atoms with Gasteiger partial charge in [0.15, 0.2) is 0 Å². The van der Waals surface area contributed by atoms with Crippen molar-refractivity contribution in [3.05, 3.63) is 33.8 Å². The Morgan fingerprint density at radius 1 is 1.47 bits per heavy atom. The second-order valence-corrected chi connectivity index (χ2v) is 5.62. The van der Waals surface area contributed by atoms with E-state index in [4.69, 9.17) is 18.0 Å². The smallest absolute Gasteiger partial charge is 0.259 e. The Labute approximate surface area is 123 Å². The number of hydrogen-bond acceptors (Lipinski definition) is 2. The fourth-order valence-corrected chi connectivity index (χ4v) is 2.00. The van der Waals surface area contributed by atoms with Crippen LogP contribution in [-0.2, 0) is 0 Å². The minimum Gasteiger partial charge on any atom is -0.393 e. The summed E-state index contributed by atoms with van der Waals surface area (Å²) in [4.78, 5) is 13.4. The maximum absolute atomic E-state index is 13.7. The summed E-state index contributed by atoms with van der Waals surface area (Å²) >= 11 is 7.75. The maximum atomic E-state index is 13.7. The van der Waals surface area contributed by atoms with Crippen molar-refractivity contribution in [2.45, 2.75) is 6.92 Å². The van der Waals surface area contributed by atoms with Gasteiger partial charge in [-0.05, 0) is 12.1 Å². The van der Waals surface area contributed by atoms with Crippen molar-refractivity contribution >= 4 is 39.0 Å². The fourth-order valence-electron chi connectivity index (χ4n) is 1.52. The third kappa shape index (κ3) is 3.94. The van der Waals surface area contributed by atoms with Crippen molar-refractivity contribution in [3.8, 4) is 0 Å². The van der Waals surface area contributed by atoms with Gasteiger partial charge in [0, 0.05) is 24.0 Å². The number of halogens is 3. The molecule has 7 heteroatoms. The van der Waals surface area contributed by atoms with Gasteiger partial charge >= 0.3 is 0 Å². The third-order valence-corrected chi connectivity index (χ3v) is 3.46. The first-order valence-electron chi connectivity index (χ1n) is 5.43. The van der Waals surface area contributed by atoms with Crippen LogP contribution in [0.15, 0.2) is 16.6 Å². The van der Waals surface area contributed by atoms with Crippen LogP contribution in [0.4, 0.5) is 8.78 Å². The highest BCUT2D eigenvalue weighted by Gasteiger charge is 2.23. The molecule has 0 radical (unpaired) electrons. The molecule has 1 aromatic rings. The average Bonchev–Trinajstić information content (AvgIpc) is 2.26. The van der Waals surface area contributed by atoms with Gasteiger partial charge in [0.05, 0.1) is 4.99 Å². The molecule has 1 unspecified atom stereocenters. The van der Waals surface area contributed by atoms with E-state index in [9.17, 15) is 13.6 Å². The van der Waals surface area contributed by atoms with Crippen LogP contribution in [0.5, 0.6) is 0 Å². The Balaban J connectivity index is 2.98. The van der Waals surface area contributed by atoms with E-state index in [-0.39, 0.29) is 21.9 Å². The topological polar surface area (TPSA) is 46.3 Å². The quantitative estimate of drug-likeness (QED) is 0.849. The summed E-state index contributed by atoms with van der Waals surface area (Å²) in [6, 6.07) is 2.09. The number of nitrogens with zero attached hydrogens (tertiary/aromatic N) is 1. The normalized spacial score (nSPS) is 12.1. The van der Waals surface area contributed by atoms with Crippen LogP contribution in [0.2, 0.25) is 0 Å². The number of benzene rings is 1. The average molecular weight is 351 g/mol. The molecule has 0 aromatic heterocycles. The molecule has 2 N–H and O–H groups in total. The van der Waals surface area contributed by atoms with Crippen molar-refractivity contribution in [1.82, 2.24) is 4.90 Å². The molecule has 0 bridgehead atoms. The fraction of sp³-hybridized carbons (Fsp3) is 0.333. The van der Waals surface area contributed by atoms with Crippen LogP contribution >= 0.6 is 28.1 Å². The minimum absolute atomic E-state index is 0.198. The predicted octanol–water partition coefficient (Wildman–Crippen LogP) is 2.72. The molecule has 19 heavy (non-hydrogen) atoms. The number of nitrogens with two attached hydrogens (primary N) is 1. The van der Waals surface area contributed by atoms with E-state index >= 15 is 0 Å². The van der Waals surface area contributed by atoms with Crippen molar-refractivity contribution in [1.29, 1.82) is 0 Å². The van der Waals surface area contributed by atoms with Gasteiger partial charge in [0.1, 0.15) is 17.2 Å². The molecule has 0 saturated carbocycles. The lowest BCUT2D eigenvalue weighted by molar-refractivity contribution is 0.0777. The van der Waals surface area contributed by atoms with E-state index < -0.39 is 23.1 Å².